The van der Waals surface area contributed by atoms with Gasteiger partial charge in [-0.1, -0.05) is 0 Å². The molecule has 1 fully saturated rings. The number of carboxylic acid groups (broad SMARTS) is 1. The fraction of sp³-hybridized carbons (Fsp3) is 0.818. The van der Waals surface area contributed by atoms with Gasteiger partial charge in [-0.25, -0.2) is 4.79 Å². The van der Waals surface area contributed by atoms with E-state index in [4.69, 9.17) is 14.9 Å². The standard InChI is InChI=1S/C11H19NO5/c13-6-5-9(11(15)16)12-10(14)4-3-8-2-1-7-17-8/h8-9,13H,1-7H2,(H,12,14)(H,15,16)/t8?,9-/m1/s1. The van der Waals surface area contributed by atoms with Crippen molar-refractivity contribution < 1.29 is 24.5 Å². The highest BCUT2D eigenvalue weighted by Crippen LogP contribution is 2.16. The fourth-order valence-corrected chi connectivity index (χ4v) is 1.82. The molecular formula is C11H19NO5. The molecule has 1 amide bonds. The third-order valence-corrected chi connectivity index (χ3v) is 2.77. The lowest BCUT2D eigenvalue weighted by atomic mass is 10.1. The average Bonchev–Trinajstić information content (AvgIpc) is 2.78. The zero-order valence-electron chi connectivity index (χ0n) is 9.72. The van der Waals surface area contributed by atoms with Crippen LogP contribution in [0.25, 0.3) is 0 Å². The molecule has 0 aromatic rings. The lowest BCUT2D eigenvalue weighted by molar-refractivity contribution is -0.142. The van der Waals surface area contributed by atoms with Gasteiger partial charge in [0, 0.05) is 26.1 Å². The van der Waals surface area contributed by atoms with E-state index < -0.39 is 12.0 Å². The number of carboxylic acids is 1. The molecule has 98 valence electrons. The van der Waals surface area contributed by atoms with E-state index in [2.05, 4.69) is 5.32 Å². The van der Waals surface area contributed by atoms with E-state index in [1.54, 1.807) is 0 Å². The van der Waals surface area contributed by atoms with E-state index >= 15 is 0 Å². The SMILES string of the molecule is O=C(CCC1CCCO1)N[C@H](CCO)C(=O)O. The van der Waals surface area contributed by atoms with Crippen LogP contribution in [-0.4, -0.2) is 47.4 Å². The van der Waals surface area contributed by atoms with Crippen LogP contribution in [0.15, 0.2) is 0 Å². The molecule has 0 spiro atoms. The van der Waals surface area contributed by atoms with E-state index in [1.165, 1.54) is 0 Å². The van der Waals surface area contributed by atoms with Crippen molar-refractivity contribution in [3.8, 4) is 0 Å². The number of aliphatic hydroxyl groups excluding tert-OH is 1. The number of hydrogen-bond donors (Lipinski definition) is 3. The van der Waals surface area contributed by atoms with E-state index in [9.17, 15) is 9.59 Å². The van der Waals surface area contributed by atoms with Crippen molar-refractivity contribution in [1.82, 2.24) is 5.32 Å². The van der Waals surface area contributed by atoms with Crippen LogP contribution in [0.3, 0.4) is 0 Å². The maximum Gasteiger partial charge on any atom is 0.326 e. The molecule has 1 heterocycles. The zero-order chi connectivity index (χ0) is 12.7. The summed E-state index contributed by atoms with van der Waals surface area (Å²) < 4.78 is 5.37. The van der Waals surface area contributed by atoms with Gasteiger partial charge in [0.1, 0.15) is 6.04 Å². The fourth-order valence-electron chi connectivity index (χ4n) is 1.82. The van der Waals surface area contributed by atoms with Gasteiger partial charge in [-0.15, -0.1) is 0 Å². The van der Waals surface area contributed by atoms with Crippen molar-refractivity contribution in [2.45, 2.75) is 44.2 Å². The molecule has 1 rings (SSSR count). The minimum Gasteiger partial charge on any atom is -0.480 e. The predicted molar refractivity (Wildman–Crippen MR) is 59.5 cm³/mol. The molecule has 17 heavy (non-hydrogen) atoms. The normalized spacial score (nSPS) is 21.1. The Morgan fingerprint density at radius 3 is 2.76 bits per heavy atom. The van der Waals surface area contributed by atoms with Gasteiger partial charge in [0.05, 0.1) is 6.10 Å². The summed E-state index contributed by atoms with van der Waals surface area (Å²) in [7, 11) is 0. The van der Waals surface area contributed by atoms with Gasteiger partial charge >= 0.3 is 5.97 Å². The molecule has 1 saturated heterocycles. The largest absolute Gasteiger partial charge is 0.480 e. The molecule has 6 heteroatoms. The number of amides is 1. The summed E-state index contributed by atoms with van der Waals surface area (Å²) in [4.78, 5) is 22.2. The number of hydrogen-bond acceptors (Lipinski definition) is 4. The summed E-state index contributed by atoms with van der Waals surface area (Å²) in [6, 6.07) is -1.00. The van der Waals surface area contributed by atoms with E-state index in [1.807, 2.05) is 0 Å². The molecule has 0 aromatic heterocycles. The Hall–Kier alpha value is -1.14. The first kappa shape index (κ1) is 13.9. The van der Waals surface area contributed by atoms with Gasteiger partial charge in [0.15, 0.2) is 0 Å². The Labute approximate surface area is 100.0 Å². The highest BCUT2D eigenvalue weighted by Gasteiger charge is 2.21. The smallest absolute Gasteiger partial charge is 0.326 e. The molecule has 2 atom stereocenters. The second-order valence-electron chi connectivity index (χ2n) is 4.14. The monoisotopic (exact) mass is 245 g/mol. The summed E-state index contributed by atoms with van der Waals surface area (Å²) in [5.74, 6) is -1.43. The molecule has 3 N–H and O–H groups in total. The van der Waals surface area contributed by atoms with E-state index in [-0.39, 0.29) is 31.5 Å². The number of aliphatic carboxylic acids is 1. The molecule has 0 bridgehead atoms. The summed E-state index contributed by atoms with van der Waals surface area (Å²) in [6.07, 6.45) is 3.03. The summed E-state index contributed by atoms with van der Waals surface area (Å²) in [6.45, 7) is 0.484. The van der Waals surface area contributed by atoms with Crippen LogP contribution in [0.5, 0.6) is 0 Å². The molecule has 1 unspecified atom stereocenters. The van der Waals surface area contributed by atoms with E-state index in [0.717, 1.165) is 19.4 Å². The Kier molecular flexibility index (Phi) is 5.93. The number of ether oxygens (including phenoxy) is 1. The van der Waals surface area contributed by atoms with Crippen molar-refractivity contribution in [3.05, 3.63) is 0 Å². The molecule has 1 aliphatic rings. The van der Waals surface area contributed by atoms with Gasteiger partial charge < -0.3 is 20.3 Å². The maximum atomic E-state index is 11.5. The Morgan fingerprint density at radius 2 is 2.24 bits per heavy atom. The molecular weight excluding hydrogens is 226 g/mol. The second-order valence-corrected chi connectivity index (χ2v) is 4.14. The van der Waals surface area contributed by atoms with Gasteiger partial charge in [-0.2, -0.15) is 0 Å². The Morgan fingerprint density at radius 1 is 1.47 bits per heavy atom. The summed E-state index contributed by atoms with van der Waals surface area (Å²) in [5, 5.41) is 19.8. The third-order valence-electron chi connectivity index (χ3n) is 2.77. The highest BCUT2D eigenvalue weighted by molar-refractivity contribution is 5.83. The lowest BCUT2D eigenvalue weighted by Crippen LogP contribution is -2.41. The van der Waals surface area contributed by atoms with E-state index in [0.29, 0.717) is 6.42 Å². The molecule has 1 aliphatic heterocycles. The van der Waals surface area contributed by atoms with Crippen LogP contribution in [0.1, 0.15) is 32.1 Å². The van der Waals surface area contributed by atoms with Crippen molar-refractivity contribution in [3.63, 3.8) is 0 Å². The van der Waals surface area contributed by atoms with Crippen LogP contribution in [-0.2, 0) is 14.3 Å². The Bertz CT molecular complexity index is 263. The quantitative estimate of drug-likeness (QED) is 0.582. The molecule has 0 aliphatic carbocycles. The maximum absolute atomic E-state index is 11.5. The van der Waals surface area contributed by atoms with Crippen molar-refractivity contribution in [2.75, 3.05) is 13.2 Å². The van der Waals surface area contributed by atoms with Crippen LogP contribution in [0.2, 0.25) is 0 Å². The number of nitrogens with one attached hydrogen (secondary N) is 1. The van der Waals surface area contributed by atoms with Crippen molar-refractivity contribution in [1.29, 1.82) is 0 Å². The van der Waals surface area contributed by atoms with Crippen LogP contribution < -0.4 is 5.32 Å². The van der Waals surface area contributed by atoms with Crippen LogP contribution >= 0.6 is 0 Å². The predicted octanol–water partition coefficient (Wildman–Crippen LogP) is -0.103. The topological polar surface area (TPSA) is 95.9 Å². The number of aliphatic hydroxyl groups is 1. The molecule has 0 saturated carbocycles. The van der Waals surface area contributed by atoms with Gasteiger partial charge in [-0.05, 0) is 19.3 Å². The first-order valence-corrected chi connectivity index (χ1v) is 5.88. The van der Waals surface area contributed by atoms with Crippen LogP contribution in [0, 0.1) is 0 Å². The molecule has 0 aromatic carbocycles. The number of carbonyl (C=O) groups excluding carboxylic acids is 1. The van der Waals surface area contributed by atoms with Gasteiger partial charge in [-0.3, -0.25) is 4.79 Å². The number of rotatable bonds is 7. The number of carbonyl (C=O) groups is 2. The van der Waals surface area contributed by atoms with Gasteiger partial charge in [0.2, 0.25) is 5.91 Å². The molecule has 6 nitrogen and oxygen atoms in total. The lowest BCUT2D eigenvalue weighted by Gasteiger charge is -2.14. The van der Waals surface area contributed by atoms with Crippen molar-refractivity contribution >= 4 is 11.9 Å². The third kappa shape index (κ3) is 5.14. The average molecular weight is 245 g/mol. The summed E-state index contributed by atoms with van der Waals surface area (Å²) in [5.41, 5.74) is 0. The van der Waals surface area contributed by atoms with Crippen LogP contribution in [0.4, 0.5) is 0 Å². The second kappa shape index (κ2) is 7.24. The first-order valence-electron chi connectivity index (χ1n) is 5.88. The minimum absolute atomic E-state index is 0.0288. The Balaban J connectivity index is 2.23. The zero-order valence-corrected chi connectivity index (χ0v) is 9.72. The first-order chi connectivity index (χ1) is 8.13. The van der Waals surface area contributed by atoms with Gasteiger partial charge in [0.25, 0.3) is 0 Å². The van der Waals surface area contributed by atoms with Crippen molar-refractivity contribution in [2.24, 2.45) is 0 Å². The summed E-state index contributed by atoms with van der Waals surface area (Å²) >= 11 is 0. The molecule has 0 radical (unpaired) electrons. The highest BCUT2D eigenvalue weighted by atomic mass is 16.5. The minimum atomic E-state index is -1.12.